The Balaban J connectivity index is 1.69. The van der Waals surface area contributed by atoms with Crippen molar-refractivity contribution >= 4 is 23.4 Å². The number of carbonyl (C=O) groups is 2. The molecule has 0 spiro atoms. The number of nitrogens with zero attached hydrogens (tertiary/aromatic N) is 1. The summed E-state index contributed by atoms with van der Waals surface area (Å²) in [7, 11) is 0. The normalized spacial score (nSPS) is 17.3. The Morgan fingerprint density at radius 3 is 2.52 bits per heavy atom. The Labute approximate surface area is 139 Å². The van der Waals surface area contributed by atoms with E-state index >= 15 is 0 Å². The molecule has 0 aromatic heterocycles. The fourth-order valence-corrected chi connectivity index (χ4v) is 2.86. The molecule has 5 heteroatoms. The van der Waals surface area contributed by atoms with Crippen molar-refractivity contribution < 1.29 is 14.3 Å². The highest BCUT2D eigenvalue weighted by atomic mass is 35.5. The first-order valence-corrected chi connectivity index (χ1v) is 7.81. The molecule has 0 bridgehead atoms. The van der Waals surface area contributed by atoms with Crippen LogP contribution < -0.4 is 4.74 Å². The van der Waals surface area contributed by atoms with Gasteiger partial charge in [-0.15, -0.1) is 0 Å². The summed E-state index contributed by atoms with van der Waals surface area (Å²) < 4.78 is 5.47. The molecule has 2 aromatic rings. The third kappa shape index (κ3) is 3.54. The Bertz CT molecular complexity index is 700. The zero-order valence-corrected chi connectivity index (χ0v) is 13.2. The monoisotopic (exact) mass is 329 g/mol. The molecule has 0 radical (unpaired) electrons. The van der Waals surface area contributed by atoms with Crippen molar-refractivity contribution in [3.63, 3.8) is 0 Å². The predicted octanol–water partition coefficient (Wildman–Crippen LogP) is 3.61. The van der Waals surface area contributed by atoms with Gasteiger partial charge < -0.3 is 4.74 Å². The highest BCUT2D eigenvalue weighted by molar-refractivity contribution is 6.30. The molecule has 1 aliphatic rings. The number of benzene rings is 2. The number of likely N-dealkylation sites (tertiary alicyclic amines) is 1. The quantitative estimate of drug-likeness (QED) is 0.861. The summed E-state index contributed by atoms with van der Waals surface area (Å²) in [5.74, 6) is 0.0746. The van der Waals surface area contributed by atoms with E-state index in [1.165, 1.54) is 4.90 Å². The largest absolute Gasteiger partial charge is 0.484 e. The molecule has 1 fully saturated rings. The second-order valence-electron chi connectivity index (χ2n) is 5.37. The van der Waals surface area contributed by atoms with Crippen LogP contribution in [0.25, 0.3) is 0 Å². The van der Waals surface area contributed by atoms with Crippen LogP contribution in [-0.2, 0) is 9.59 Å². The second-order valence-corrected chi connectivity index (χ2v) is 5.80. The highest BCUT2D eigenvalue weighted by Gasteiger charge is 2.36. The van der Waals surface area contributed by atoms with Gasteiger partial charge in [0.2, 0.25) is 5.91 Å². The van der Waals surface area contributed by atoms with E-state index in [-0.39, 0.29) is 24.5 Å². The molecule has 23 heavy (non-hydrogen) atoms. The highest BCUT2D eigenvalue weighted by Crippen LogP contribution is 2.32. The predicted molar refractivity (Wildman–Crippen MR) is 87.2 cm³/mol. The molecule has 3 rings (SSSR count). The van der Waals surface area contributed by atoms with Gasteiger partial charge in [0.05, 0.1) is 6.04 Å². The number of amides is 2. The molecule has 1 heterocycles. The van der Waals surface area contributed by atoms with Gasteiger partial charge in [-0.25, -0.2) is 0 Å². The molecule has 0 N–H and O–H groups in total. The van der Waals surface area contributed by atoms with E-state index in [2.05, 4.69) is 0 Å². The maximum absolute atomic E-state index is 12.4. The maximum atomic E-state index is 12.4. The average molecular weight is 330 g/mol. The summed E-state index contributed by atoms with van der Waals surface area (Å²) in [5, 5.41) is 0.600. The van der Waals surface area contributed by atoms with Crippen LogP contribution in [-0.4, -0.2) is 23.3 Å². The van der Waals surface area contributed by atoms with Crippen molar-refractivity contribution in [1.29, 1.82) is 0 Å². The Morgan fingerprint density at radius 1 is 1.13 bits per heavy atom. The zero-order chi connectivity index (χ0) is 16.2. The number of imide groups is 1. The summed E-state index contributed by atoms with van der Waals surface area (Å²) in [6, 6.07) is 16.2. The molecule has 4 nitrogen and oxygen atoms in total. The fraction of sp³-hybridized carbons (Fsp3) is 0.222. The van der Waals surface area contributed by atoms with Gasteiger partial charge in [0.15, 0.2) is 6.61 Å². The third-order valence-electron chi connectivity index (χ3n) is 3.84. The van der Waals surface area contributed by atoms with Crippen molar-refractivity contribution in [3.8, 4) is 5.75 Å². The van der Waals surface area contributed by atoms with Crippen LogP contribution in [0.15, 0.2) is 54.6 Å². The van der Waals surface area contributed by atoms with E-state index in [1.807, 2.05) is 30.3 Å². The fourth-order valence-electron chi connectivity index (χ4n) is 2.73. The minimum absolute atomic E-state index is 0.149. The van der Waals surface area contributed by atoms with Gasteiger partial charge in [0.1, 0.15) is 5.75 Å². The van der Waals surface area contributed by atoms with Crippen LogP contribution in [0.2, 0.25) is 5.02 Å². The zero-order valence-electron chi connectivity index (χ0n) is 12.4. The Kier molecular flexibility index (Phi) is 4.63. The van der Waals surface area contributed by atoms with Crippen LogP contribution >= 0.6 is 11.6 Å². The van der Waals surface area contributed by atoms with Gasteiger partial charge in [0, 0.05) is 11.4 Å². The van der Waals surface area contributed by atoms with Gasteiger partial charge >= 0.3 is 0 Å². The van der Waals surface area contributed by atoms with Crippen LogP contribution in [0, 0.1) is 0 Å². The molecular formula is C18H16ClNO3. The van der Waals surface area contributed by atoms with E-state index in [0.717, 1.165) is 5.56 Å². The summed E-state index contributed by atoms with van der Waals surface area (Å²) in [6.45, 7) is -0.170. The van der Waals surface area contributed by atoms with E-state index in [1.54, 1.807) is 24.3 Å². The maximum Gasteiger partial charge on any atom is 0.267 e. The summed E-state index contributed by atoms with van der Waals surface area (Å²) in [6.07, 6.45) is 1.03. The molecular weight excluding hydrogens is 314 g/mol. The molecule has 0 saturated carbocycles. The lowest BCUT2D eigenvalue weighted by atomic mass is 10.0. The topological polar surface area (TPSA) is 46.6 Å². The molecule has 1 atom stereocenters. The van der Waals surface area contributed by atoms with E-state index in [4.69, 9.17) is 16.3 Å². The van der Waals surface area contributed by atoms with Crippen molar-refractivity contribution in [2.75, 3.05) is 6.61 Å². The minimum Gasteiger partial charge on any atom is -0.484 e. The minimum atomic E-state index is -0.323. The number of carbonyl (C=O) groups excluding carboxylic acids is 2. The van der Waals surface area contributed by atoms with Crippen LogP contribution in [0.5, 0.6) is 5.75 Å². The van der Waals surface area contributed by atoms with Crippen LogP contribution in [0.4, 0.5) is 0 Å². The number of rotatable bonds is 4. The Morgan fingerprint density at radius 2 is 1.83 bits per heavy atom. The van der Waals surface area contributed by atoms with E-state index < -0.39 is 0 Å². The first-order valence-electron chi connectivity index (χ1n) is 7.43. The Hall–Kier alpha value is -2.33. The van der Waals surface area contributed by atoms with E-state index in [9.17, 15) is 9.59 Å². The molecule has 1 aliphatic heterocycles. The molecule has 0 aliphatic carbocycles. The molecule has 2 aromatic carbocycles. The first kappa shape index (κ1) is 15.6. The summed E-state index contributed by atoms with van der Waals surface area (Å²) >= 11 is 5.81. The SMILES string of the molecule is O=C1CC[C@H](c2ccccc2)N1C(=O)COc1ccc(Cl)cc1. The lowest BCUT2D eigenvalue weighted by Crippen LogP contribution is -2.37. The number of hydrogen-bond donors (Lipinski definition) is 0. The number of hydrogen-bond acceptors (Lipinski definition) is 3. The van der Waals surface area contributed by atoms with Gasteiger partial charge in [-0.3, -0.25) is 14.5 Å². The molecule has 1 saturated heterocycles. The van der Waals surface area contributed by atoms with Gasteiger partial charge in [0.25, 0.3) is 5.91 Å². The van der Waals surface area contributed by atoms with Crippen LogP contribution in [0.3, 0.4) is 0 Å². The standard InChI is InChI=1S/C18H16ClNO3/c19-14-6-8-15(9-7-14)23-12-18(22)20-16(10-11-17(20)21)13-4-2-1-3-5-13/h1-9,16H,10-12H2/t16-/m1/s1. The van der Waals surface area contributed by atoms with Gasteiger partial charge in [-0.05, 0) is 36.2 Å². The number of halogens is 1. The lowest BCUT2D eigenvalue weighted by molar-refractivity contribution is -0.145. The van der Waals surface area contributed by atoms with Crippen molar-refractivity contribution in [2.45, 2.75) is 18.9 Å². The molecule has 118 valence electrons. The third-order valence-corrected chi connectivity index (χ3v) is 4.09. The van der Waals surface area contributed by atoms with Crippen molar-refractivity contribution in [1.82, 2.24) is 4.90 Å². The van der Waals surface area contributed by atoms with Crippen molar-refractivity contribution in [3.05, 3.63) is 65.2 Å². The molecule has 0 unspecified atom stereocenters. The van der Waals surface area contributed by atoms with E-state index in [0.29, 0.717) is 23.6 Å². The smallest absolute Gasteiger partial charge is 0.267 e. The summed E-state index contributed by atoms with van der Waals surface area (Å²) in [5.41, 5.74) is 0.971. The first-order chi connectivity index (χ1) is 11.1. The number of ether oxygens (including phenoxy) is 1. The summed E-state index contributed by atoms with van der Waals surface area (Å²) in [4.78, 5) is 25.8. The van der Waals surface area contributed by atoms with Crippen molar-refractivity contribution in [2.24, 2.45) is 0 Å². The van der Waals surface area contributed by atoms with Crippen LogP contribution in [0.1, 0.15) is 24.4 Å². The van der Waals surface area contributed by atoms with Gasteiger partial charge in [-0.2, -0.15) is 0 Å². The van der Waals surface area contributed by atoms with Gasteiger partial charge in [-0.1, -0.05) is 41.9 Å². The lowest BCUT2D eigenvalue weighted by Gasteiger charge is -2.23. The average Bonchev–Trinajstić information content (AvgIpc) is 2.96. The molecule has 2 amide bonds. The second kappa shape index (κ2) is 6.84.